The van der Waals surface area contributed by atoms with Gasteiger partial charge in [0.1, 0.15) is 0 Å². The number of aromatic carboxylic acids is 1. The van der Waals surface area contributed by atoms with E-state index in [2.05, 4.69) is 24.3 Å². The summed E-state index contributed by atoms with van der Waals surface area (Å²) in [5, 5.41) is 9.24. The molecule has 1 N–H and O–H groups in total. The predicted octanol–water partition coefficient (Wildman–Crippen LogP) is 4.43. The Morgan fingerprint density at radius 1 is 0.774 bits per heavy atom. The fourth-order valence-corrected chi connectivity index (χ4v) is 6.00. The first kappa shape index (κ1) is 18.3. The Hall–Kier alpha value is -3.44. The molecule has 0 saturated carbocycles. The van der Waals surface area contributed by atoms with E-state index in [0.29, 0.717) is 5.69 Å². The normalized spacial score (nSPS) is 25.3. The number of hydrogen-bond acceptors (Lipinski definition) is 3. The summed E-state index contributed by atoms with van der Waals surface area (Å²) >= 11 is 6.14. The third-order valence-electron chi connectivity index (χ3n) is 6.89. The summed E-state index contributed by atoms with van der Waals surface area (Å²) in [6, 6.07) is 20.3. The molecule has 1 saturated heterocycles. The highest BCUT2D eigenvalue weighted by molar-refractivity contribution is 6.34. The number of carbonyl (C=O) groups is 3. The van der Waals surface area contributed by atoms with Gasteiger partial charge in [-0.05, 0) is 40.5 Å². The molecule has 5 nitrogen and oxygen atoms in total. The van der Waals surface area contributed by atoms with E-state index in [1.54, 1.807) is 0 Å². The van der Waals surface area contributed by atoms with Crippen LogP contribution in [0.4, 0.5) is 5.69 Å². The molecule has 3 aliphatic carbocycles. The van der Waals surface area contributed by atoms with Crippen molar-refractivity contribution in [2.45, 2.75) is 11.8 Å². The van der Waals surface area contributed by atoms with Gasteiger partial charge in [0.2, 0.25) is 11.8 Å². The van der Waals surface area contributed by atoms with Crippen molar-refractivity contribution >= 4 is 35.1 Å². The van der Waals surface area contributed by atoms with E-state index in [1.165, 1.54) is 23.1 Å². The molecule has 1 heterocycles. The number of rotatable bonds is 2. The van der Waals surface area contributed by atoms with Crippen molar-refractivity contribution in [1.29, 1.82) is 0 Å². The third-order valence-corrected chi connectivity index (χ3v) is 7.20. The minimum absolute atomic E-state index is 0.00461. The molecule has 7 rings (SSSR count). The molecule has 0 radical (unpaired) electrons. The number of hydrogen-bond donors (Lipinski definition) is 1. The average Bonchev–Trinajstić information content (AvgIpc) is 3.04. The number of anilines is 1. The van der Waals surface area contributed by atoms with Crippen LogP contribution in [-0.2, 0) is 9.59 Å². The fourth-order valence-electron chi connectivity index (χ4n) is 5.75. The van der Waals surface area contributed by atoms with Crippen molar-refractivity contribution in [1.82, 2.24) is 0 Å². The molecule has 1 fully saturated rings. The van der Waals surface area contributed by atoms with Gasteiger partial charge in [-0.1, -0.05) is 60.1 Å². The zero-order chi connectivity index (χ0) is 21.4. The minimum Gasteiger partial charge on any atom is -0.478 e. The summed E-state index contributed by atoms with van der Waals surface area (Å²) in [5.74, 6) is -3.01. The summed E-state index contributed by atoms with van der Waals surface area (Å²) < 4.78 is 0. The highest BCUT2D eigenvalue weighted by Gasteiger charge is 2.61. The van der Waals surface area contributed by atoms with E-state index in [0.717, 1.165) is 22.3 Å². The van der Waals surface area contributed by atoms with Gasteiger partial charge in [0, 0.05) is 11.8 Å². The number of amides is 2. The van der Waals surface area contributed by atoms with Gasteiger partial charge in [0.25, 0.3) is 0 Å². The van der Waals surface area contributed by atoms with Crippen molar-refractivity contribution < 1.29 is 19.5 Å². The number of carboxylic acid groups (broad SMARTS) is 1. The monoisotopic (exact) mass is 429 g/mol. The Balaban J connectivity index is 1.52. The number of benzene rings is 3. The zero-order valence-electron chi connectivity index (χ0n) is 16.2. The maximum Gasteiger partial charge on any atom is 0.337 e. The molecule has 2 atom stereocenters. The molecule has 0 unspecified atom stereocenters. The van der Waals surface area contributed by atoms with Crippen molar-refractivity contribution in [2.75, 3.05) is 4.90 Å². The Morgan fingerprint density at radius 2 is 1.23 bits per heavy atom. The summed E-state index contributed by atoms with van der Waals surface area (Å²) in [5.41, 5.74) is 4.67. The van der Waals surface area contributed by atoms with Gasteiger partial charge in [0.05, 0.1) is 28.1 Å². The van der Waals surface area contributed by atoms with Gasteiger partial charge in [-0.25, -0.2) is 9.69 Å². The quantitative estimate of drug-likeness (QED) is 0.611. The predicted molar refractivity (Wildman–Crippen MR) is 114 cm³/mol. The molecule has 4 aliphatic rings. The van der Waals surface area contributed by atoms with E-state index >= 15 is 0 Å². The maximum atomic E-state index is 13.6. The molecule has 152 valence electrons. The van der Waals surface area contributed by atoms with Crippen LogP contribution in [0.5, 0.6) is 0 Å². The van der Waals surface area contributed by atoms with E-state index < -0.39 is 17.8 Å². The van der Waals surface area contributed by atoms with Gasteiger partial charge >= 0.3 is 5.97 Å². The Morgan fingerprint density at radius 3 is 1.61 bits per heavy atom. The van der Waals surface area contributed by atoms with Crippen molar-refractivity contribution in [3.05, 3.63) is 99.6 Å². The molecule has 1 aliphatic heterocycles. The Labute approximate surface area is 182 Å². The first-order valence-electron chi connectivity index (χ1n) is 10.1. The smallest absolute Gasteiger partial charge is 0.337 e. The first-order chi connectivity index (χ1) is 15.0. The number of nitrogens with zero attached hydrogens (tertiary/aromatic N) is 1. The molecule has 2 bridgehead atoms. The highest BCUT2D eigenvalue weighted by Crippen LogP contribution is 2.61. The zero-order valence-corrected chi connectivity index (χ0v) is 16.9. The SMILES string of the molecule is O=C(O)c1ccc(N2C(=O)[C@H]3C4c5ccccc5C(c5ccccc54)[C@@H]3C2=O)cc1Cl. The van der Waals surface area contributed by atoms with Crippen molar-refractivity contribution in [3.63, 3.8) is 0 Å². The number of carboxylic acids is 1. The second-order valence-electron chi connectivity index (χ2n) is 8.25. The van der Waals surface area contributed by atoms with E-state index in [4.69, 9.17) is 11.6 Å². The molecule has 0 spiro atoms. The lowest BCUT2D eigenvalue weighted by atomic mass is 9.55. The summed E-state index contributed by atoms with van der Waals surface area (Å²) in [7, 11) is 0. The van der Waals surface area contributed by atoms with E-state index in [1.807, 2.05) is 24.3 Å². The minimum atomic E-state index is -1.16. The van der Waals surface area contributed by atoms with E-state index in [-0.39, 0.29) is 34.2 Å². The standard InChI is InChI=1S/C25H16ClNO4/c26-18-11-12(9-10-17(18)25(30)31)27-23(28)21-19-13-5-1-2-6-14(13)20(22(21)24(27)29)16-8-4-3-7-15(16)19/h1-11,19-22H,(H,30,31)/t19?,20?,21-,22-/m0/s1. The van der Waals surface area contributed by atoms with Gasteiger partial charge < -0.3 is 5.11 Å². The largest absolute Gasteiger partial charge is 0.478 e. The van der Waals surface area contributed by atoms with Crippen LogP contribution in [0.25, 0.3) is 0 Å². The van der Waals surface area contributed by atoms with Crippen LogP contribution in [0.15, 0.2) is 66.7 Å². The average molecular weight is 430 g/mol. The molecular formula is C25H16ClNO4. The molecule has 6 heteroatoms. The molecule has 0 aromatic heterocycles. The molecule has 31 heavy (non-hydrogen) atoms. The maximum absolute atomic E-state index is 13.6. The van der Waals surface area contributed by atoms with Crippen LogP contribution >= 0.6 is 11.6 Å². The first-order valence-corrected chi connectivity index (χ1v) is 10.4. The van der Waals surface area contributed by atoms with Crippen LogP contribution in [0.2, 0.25) is 5.02 Å². The van der Waals surface area contributed by atoms with Crippen LogP contribution in [-0.4, -0.2) is 22.9 Å². The summed E-state index contributed by atoms with van der Waals surface area (Å²) in [4.78, 5) is 39.8. The van der Waals surface area contributed by atoms with Gasteiger partial charge in [-0.2, -0.15) is 0 Å². The van der Waals surface area contributed by atoms with Crippen molar-refractivity contribution in [3.8, 4) is 0 Å². The Kier molecular flexibility index (Phi) is 3.72. The van der Waals surface area contributed by atoms with Gasteiger partial charge in [-0.3, -0.25) is 9.59 Å². The Bertz CT molecular complexity index is 1200. The highest BCUT2D eigenvalue weighted by atomic mass is 35.5. The van der Waals surface area contributed by atoms with Crippen LogP contribution in [0, 0.1) is 11.8 Å². The van der Waals surface area contributed by atoms with Crippen LogP contribution < -0.4 is 4.90 Å². The molecule has 3 aromatic rings. The van der Waals surface area contributed by atoms with Gasteiger partial charge in [0.15, 0.2) is 0 Å². The number of carbonyl (C=O) groups excluding carboxylic acids is 2. The second-order valence-corrected chi connectivity index (χ2v) is 8.65. The molecule has 3 aromatic carbocycles. The van der Waals surface area contributed by atoms with E-state index in [9.17, 15) is 19.5 Å². The molecule has 2 amide bonds. The summed E-state index contributed by atoms with van der Waals surface area (Å²) in [6.45, 7) is 0. The fraction of sp³-hybridized carbons (Fsp3) is 0.160. The van der Waals surface area contributed by atoms with Gasteiger partial charge in [-0.15, -0.1) is 0 Å². The van der Waals surface area contributed by atoms with Crippen LogP contribution in [0.1, 0.15) is 44.4 Å². The number of imide groups is 1. The van der Waals surface area contributed by atoms with Crippen LogP contribution in [0.3, 0.4) is 0 Å². The summed E-state index contributed by atoms with van der Waals surface area (Å²) in [6.07, 6.45) is 0. The third kappa shape index (κ3) is 2.29. The number of halogens is 1. The lowest BCUT2D eigenvalue weighted by Crippen LogP contribution is -2.41. The lowest BCUT2D eigenvalue weighted by molar-refractivity contribution is -0.122. The molecular weight excluding hydrogens is 414 g/mol. The lowest BCUT2D eigenvalue weighted by Gasteiger charge is -2.45. The topological polar surface area (TPSA) is 74.7 Å². The van der Waals surface area contributed by atoms with Crippen molar-refractivity contribution in [2.24, 2.45) is 11.8 Å². The second kappa shape index (κ2) is 6.28.